The van der Waals surface area contributed by atoms with Crippen LogP contribution >= 0.6 is 23.2 Å². The summed E-state index contributed by atoms with van der Waals surface area (Å²) in [6.45, 7) is 12.7. The number of carbonyl (C=O) groups is 1. The van der Waals surface area contributed by atoms with Crippen LogP contribution in [0.1, 0.15) is 88.7 Å². The maximum absolute atomic E-state index is 11.3. The first-order chi connectivity index (χ1) is 32.7. The van der Waals surface area contributed by atoms with E-state index in [0.717, 1.165) is 55.6 Å². The molecule has 4 aromatic carbocycles. The summed E-state index contributed by atoms with van der Waals surface area (Å²) in [5.41, 5.74) is 9.92. The lowest BCUT2D eigenvalue weighted by Gasteiger charge is -2.19. The Morgan fingerprint density at radius 3 is 1.65 bits per heavy atom. The monoisotopic (exact) mass is 953 g/mol. The van der Waals surface area contributed by atoms with Crippen LogP contribution in [-0.4, -0.2) is 32.2 Å². The summed E-state index contributed by atoms with van der Waals surface area (Å²) in [7, 11) is 0. The molecular formula is C54H53Cl2N5O7. The number of aliphatic carboxylic acids is 1. The molecule has 0 aliphatic heterocycles. The molecule has 0 radical (unpaired) electrons. The molecule has 2 heterocycles. The topological polar surface area (TPSA) is 180 Å². The lowest BCUT2D eigenvalue weighted by molar-refractivity contribution is -0.138. The molecule has 2 unspecified atom stereocenters. The van der Waals surface area contributed by atoms with E-state index in [1.807, 2.05) is 44.2 Å². The highest BCUT2D eigenvalue weighted by Crippen LogP contribution is 2.38. The van der Waals surface area contributed by atoms with Crippen LogP contribution in [0.15, 0.2) is 110 Å². The van der Waals surface area contributed by atoms with Gasteiger partial charge in [-0.15, -0.1) is 0 Å². The third-order valence-corrected chi connectivity index (χ3v) is 12.0. The third-order valence-electron chi connectivity index (χ3n) is 11.4. The average Bonchev–Trinajstić information content (AvgIpc) is 3.31. The standard InChI is InChI=1S/C54H53Cl2N5O7/c1-33(14-54(63)64)12-13-42-18-48(55)52(20-50(42)65-29-40-16-38(22-57)24-59-26-40)67-31-43-8-6-10-46(36(43)4)47-11-7-9-44(37(47)5)32-68-53-21-51(66-30-41-17-39(23-58)25-60-27-41)45(19-49(53)56)28-61-34(2)15-35(3)62/h6-11,16-21,24-27,33-34,61-62H,3,12-15,28-32H2,1-2,4-5H3,(H,63,64). The van der Waals surface area contributed by atoms with Crippen LogP contribution in [0.4, 0.5) is 0 Å². The van der Waals surface area contributed by atoms with Gasteiger partial charge in [-0.05, 0) is 103 Å². The van der Waals surface area contributed by atoms with E-state index in [0.29, 0.717) is 70.0 Å². The molecule has 0 bridgehead atoms. The molecule has 0 amide bonds. The van der Waals surface area contributed by atoms with Gasteiger partial charge >= 0.3 is 5.97 Å². The first kappa shape index (κ1) is 50.3. The Hall–Kier alpha value is -7.09. The van der Waals surface area contributed by atoms with Crippen LogP contribution in [0.2, 0.25) is 10.0 Å². The van der Waals surface area contributed by atoms with E-state index < -0.39 is 5.97 Å². The van der Waals surface area contributed by atoms with Crippen LogP contribution in [0.25, 0.3) is 11.1 Å². The Kier molecular flexibility index (Phi) is 17.8. The predicted octanol–water partition coefficient (Wildman–Crippen LogP) is 12.1. The van der Waals surface area contributed by atoms with Crippen molar-refractivity contribution in [3.63, 3.8) is 0 Å². The van der Waals surface area contributed by atoms with Gasteiger partial charge in [0.1, 0.15) is 61.6 Å². The summed E-state index contributed by atoms with van der Waals surface area (Å²) in [6, 6.07) is 26.9. The molecule has 0 fully saturated rings. The fraction of sp³-hybridized carbons (Fsp3) is 0.278. The predicted molar refractivity (Wildman–Crippen MR) is 262 cm³/mol. The quantitative estimate of drug-likeness (QED) is 0.0518. The number of nitrogens with one attached hydrogen (secondary N) is 1. The second-order valence-corrected chi connectivity index (χ2v) is 17.6. The number of hydrogen-bond acceptors (Lipinski definition) is 11. The number of carboxylic acids is 1. The molecule has 0 aliphatic carbocycles. The number of rotatable bonds is 23. The summed E-state index contributed by atoms with van der Waals surface area (Å²) in [5, 5.41) is 41.9. The van der Waals surface area contributed by atoms with E-state index in [1.165, 1.54) is 12.4 Å². The number of aliphatic hydroxyl groups excluding tert-OH is 1. The molecule has 0 spiro atoms. The molecular weight excluding hydrogens is 902 g/mol. The minimum Gasteiger partial charge on any atom is -0.513 e. The first-order valence-corrected chi connectivity index (χ1v) is 22.8. The van der Waals surface area contributed by atoms with Crippen molar-refractivity contribution in [2.45, 2.75) is 92.4 Å². The normalized spacial score (nSPS) is 11.8. The highest BCUT2D eigenvalue weighted by molar-refractivity contribution is 6.32. The Balaban J connectivity index is 1.19. The number of aromatic nitrogens is 2. The number of nitrogens with zero attached hydrogens (tertiary/aromatic N) is 4. The Bertz CT molecular complexity index is 2660. The molecule has 68 heavy (non-hydrogen) atoms. The third kappa shape index (κ3) is 14.0. The van der Waals surface area contributed by atoms with Gasteiger partial charge in [-0.1, -0.05) is 73.1 Å². The maximum Gasteiger partial charge on any atom is 0.303 e. The Morgan fingerprint density at radius 2 is 1.16 bits per heavy atom. The summed E-state index contributed by atoms with van der Waals surface area (Å²) < 4.78 is 25.4. The minimum atomic E-state index is -0.847. The second kappa shape index (κ2) is 24.1. The van der Waals surface area contributed by atoms with Crippen molar-refractivity contribution in [1.29, 1.82) is 10.5 Å². The van der Waals surface area contributed by atoms with Crippen molar-refractivity contribution in [1.82, 2.24) is 15.3 Å². The average molecular weight is 955 g/mol. The van der Waals surface area contributed by atoms with E-state index in [-0.39, 0.29) is 50.6 Å². The van der Waals surface area contributed by atoms with Crippen LogP contribution in [-0.2, 0) is 44.2 Å². The van der Waals surface area contributed by atoms with Crippen molar-refractivity contribution in [2.75, 3.05) is 0 Å². The molecule has 2 aromatic heterocycles. The zero-order valence-corrected chi connectivity index (χ0v) is 40.0. The van der Waals surface area contributed by atoms with Crippen LogP contribution < -0.4 is 24.3 Å². The second-order valence-electron chi connectivity index (χ2n) is 16.8. The number of carboxylic acid groups (broad SMARTS) is 1. The lowest BCUT2D eigenvalue weighted by Crippen LogP contribution is -2.26. The fourth-order valence-corrected chi connectivity index (χ4v) is 8.12. The van der Waals surface area contributed by atoms with Gasteiger partial charge in [0.05, 0.1) is 26.9 Å². The minimum absolute atomic E-state index is 0.0547. The Morgan fingerprint density at radius 1 is 0.676 bits per heavy atom. The number of pyridine rings is 2. The number of ether oxygens (including phenoxy) is 4. The van der Waals surface area contributed by atoms with E-state index in [9.17, 15) is 25.5 Å². The SMILES string of the molecule is C=C(O)CC(C)NCc1cc(Cl)c(OCc2cccc(-c3cccc(COc4cc(OCc5cncc(C#N)c5)c(CCC(C)CC(=O)O)cc4Cl)c3C)c2C)cc1OCc1cncc(C#N)c1. The van der Waals surface area contributed by atoms with Crippen molar-refractivity contribution < 1.29 is 34.0 Å². The van der Waals surface area contributed by atoms with Crippen LogP contribution in [0, 0.1) is 42.4 Å². The van der Waals surface area contributed by atoms with Crippen molar-refractivity contribution in [3.8, 4) is 46.3 Å². The number of halogens is 2. The molecule has 0 saturated carbocycles. The van der Waals surface area contributed by atoms with Gasteiger partial charge in [-0.2, -0.15) is 10.5 Å². The molecule has 12 nitrogen and oxygen atoms in total. The number of nitriles is 2. The fourth-order valence-electron chi connectivity index (χ4n) is 7.64. The van der Waals surface area contributed by atoms with Gasteiger partial charge in [-0.3, -0.25) is 14.8 Å². The van der Waals surface area contributed by atoms with Gasteiger partial charge in [0.15, 0.2) is 0 Å². The van der Waals surface area contributed by atoms with Gasteiger partial charge in [0.25, 0.3) is 0 Å². The van der Waals surface area contributed by atoms with E-state index in [4.69, 9.17) is 42.1 Å². The molecule has 2 atom stereocenters. The lowest BCUT2D eigenvalue weighted by atomic mass is 9.92. The van der Waals surface area contributed by atoms with E-state index in [1.54, 1.807) is 42.7 Å². The molecule has 14 heteroatoms. The summed E-state index contributed by atoms with van der Waals surface area (Å²) in [6.07, 6.45) is 7.87. The van der Waals surface area contributed by atoms with Gasteiger partial charge in [0, 0.05) is 79.0 Å². The molecule has 3 N–H and O–H groups in total. The molecule has 6 aromatic rings. The molecule has 0 aliphatic rings. The van der Waals surface area contributed by atoms with Gasteiger partial charge in [0.2, 0.25) is 0 Å². The van der Waals surface area contributed by atoms with E-state index in [2.05, 4.69) is 60.0 Å². The van der Waals surface area contributed by atoms with Gasteiger partial charge < -0.3 is 34.5 Å². The number of aryl methyl sites for hydroxylation is 1. The zero-order valence-electron chi connectivity index (χ0n) is 38.4. The van der Waals surface area contributed by atoms with Crippen LogP contribution in [0.3, 0.4) is 0 Å². The number of hydrogen-bond donors (Lipinski definition) is 3. The largest absolute Gasteiger partial charge is 0.513 e. The molecule has 6 rings (SSSR count). The number of aliphatic hydroxyl groups is 1. The highest BCUT2D eigenvalue weighted by Gasteiger charge is 2.18. The maximum atomic E-state index is 11.3. The summed E-state index contributed by atoms with van der Waals surface area (Å²) >= 11 is 13.7. The highest BCUT2D eigenvalue weighted by atomic mass is 35.5. The summed E-state index contributed by atoms with van der Waals surface area (Å²) in [5.74, 6) is 1.13. The Labute approximate surface area is 407 Å². The van der Waals surface area contributed by atoms with E-state index >= 15 is 0 Å². The summed E-state index contributed by atoms with van der Waals surface area (Å²) in [4.78, 5) is 19.6. The van der Waals surface area contributed by atoms with Crippen LogP contribution in [0.5, 0.6) is 23.0 Å². The van der Waals surface area contributed by atoms with Crippen molar-refractivity contribution >= 4 is 29.2 Å². The van der Waals surface area contributed by atoms with Crippen molar-refractivity contribution in [3.05, 3.63) is 176 Å². The van der Waals surface area contributed by atoms with Gasteiger partial charge in [-0.25, -0.2) is 0 Å². The first-order valence-electron chi connectivity index (χ1n) is 22.0. The molecule has 350 valence electrons. The number of benzene rings is 4. The van der Waals surface area contributed by atoms with Crippen molar-refractivity contribution in [2.24, 2.45) is 5.92 Å². The molecule has 0 saturated heterocycles. The zero-order chi connectivity index (χ0) is 48.7. The smallest absolute Gasteiger partial charge is 0.303 e.